The van der Waals surface area contributed by atoms with Crippen LogP contribution in [-0.2, 0) is 26.0 Å². The number of fused-ring (bicyclic) bond motifs is 1. The SMILES string of the molecule is C[C@@H]1CNc2c(cccc2S(=O)(=O)N[C@@H](CCCN=C(N)N)C(=O)N2CC[C@@H](C)C[C@@H]2C(=O)O)C1.O. The van der Waals surface area contributed by atoms with Gasteiger partial charge >= 0.3 is 5.97 Å². The number of likely N-dealkylation sites (tertiary alicyclic amines) is 1. The molecule has 0 spiro atoms. The molecule has 4 atom stereocenters. The number of carboxylic acid groups (broad SMARTS) is 1. The minimum Gasteiger partial charge on any atom is -0.480 e. The molecule has 0 radical (unpaired) electrons. The summed E-state index contributed by atoms with van der Waals surface area (Å²) in [6, 6.07) is 2.94. The van der Waals surface area contributed by atoms with Crippen LogP contribution < -0.4 is 21.5 Å². The molecule has 2 aliphatic rings. The topological polar surface area (TPSA) is 212 Å². The van der Waals surface area contributed by atoms with Gasteiger partial charge in [0.25, 0.3) is 0 Å². The standard InChI is InChI=1S/C23H36N6O5S.H2O/c1-14-8-10-29(18(12-14)22(31)32)21(30)17(6-4-9-26-23(24)25)28-35(33,34)19-7-3-5-16-11-15(2)13-27-20(16)19;/h3,5,7,14-15,17-18,27-28H,4,6,8-13H2,1-2H3,(H,31,32)(H4,24,25,26);1H2/t14-,15+,17+,18-;/m1./s1. The van der Waals surface area contributed by atoms with Gasteiger partial charge in [-0.2, -0.15) is 4.72 Å². The van der Waals surface area contributed by atoms with E-state index in [0.717, 1.165) is 12.0 Å². The van der Waals surface area contributed by atoms with Crippen LogP contribution in [-0.4, -0.2) is 73.5 Å². The Hall–Kier alpha value is -2.90. The third-order valence-electron chi connectivity index (χ3n) is 6.57. The smallest absolute Gasteiger partial charge is 0.326 e. The van der Waals surface area contributed by atoms with E-state index in [-0.39, 0.29) is 41.8 Å². The summed E-state index contributed by atoms with van der Waals surface area (Å²) in [6.45, 7) is 5.14. The molecule has 1 amide bonds. The van der Waals surface area contributed by atoms with Crippen LogP contribution in [0.2, 0.25) is 0 Å². The van der Waals surface area contributed by atoms with Crippen molar-refractivity contribution in [1.29, 1.82) is 0 Å². The third kappa shape index (κ3) is 7.08. The number of nitrogens with two attached hydrogens (primary N) is 2. The number of benzene rings is 1. The number of sulfonamides is 1. The first-order valence-electron chi connectivity index (χ1n) is 12.0. The number of para-hydroxylation sites is 1. The normalized spacial score (nSPS) is 22.4. The highest BCUT2D eigenvalue weighted by Gasteiger charge is 2.39. The van der Waals surface area contributed by atoms with Crippen LogP contribution in [0.3, 0.4) is 0 Å². The molecule has 1 aromatic rings. The predicted molar refractivity (Wildman–Crippen MR) is 137 cm³/mol. The Labute approximate surface area is 211 Å². The lowest BCUT2D eigenvalue weighted by atomic mass is 9.91. The van der Waals surface area contributed by atoms with E-state index in [1.165, 1.54) is 11.0 Å². The summed E-state index contributed by atoms with van der Waals surface area (Å²) in [5, 5.41) is 12.9. The third-order valence-corrected chi connectivity index (χ3v) is 8.09. The van der Waals surface area contributed by atoms with E-state index in [1.807, 2.05) is 13.0 Å². The van der Waals surface area contributed by atoms with Gasteiger partial charge in [-0.15, -0.1) is 0 Å². The molecule has 2 aliphatic heterocycles. The quantitative estimate of drug-likeness (QED) is 0.166. The van der Waals surface area contributed by atoms with Crippen molar-refractivity contribution < 1.29 is 28.6 Å². The van der Waals surface area contributed by atoms with Crippen molar-refractivity contribution in [3.63, 3.8) is 0 Å². The minimum atomic E-state index is -4.10. The Morgan fingerprint density at radius 2 is 2.00 bits per heavy atom. The van der Waals surface area contributed by atoms with Gasteiger partial charge in [0.05, 0.1) is 5.69 Å². The van der Waals surface area contributed by atoms with Crippen LogP contribution >= 0.6 is 0 Å². The number of carbonyl (C=O) groups is 2. The Balaban J connectivity index is 0.00000456. The van der Waals surface area contributed by atoms with Crippen molar-refractivity contribution in [2.24, 2.45) is 28.3 Å². The molecule has 12 nitrogen and oxygen atoms in total. The molecule has 36 heavy (non-hydrogen) atoms. The van der Waals surface area contributed by atoms with Crippen LogP contribution in [0.25, 0.3) is 0 Å². The molecule has 9 N–H and O–H groups in total. The summed E-state index contributed by atoms with van der Waals surface area (Å²) in [4.78, 5) is 30.7. The van der Waals surface area contributed by atoms with Gasteiger partial charge in [-0.1, -0.05) is 26.0 Å². The molecule has 0 aromatic heterocycles. The Morgan fingerprint density at radius 3 is 2.67 bits per heavy atom. The molecule has 0 bridgehead atoms. The number of piperidine rings is 1. The highest BCUT2D eigenvalue weighted by Crippen LogP contribution is 2.31. The van der Waals surface area contributed by atoms with E-state index in [1.54, 1.807) is 6.07 Å². The van der Waals surface area contributed by atoms with Gasteiger partial charge in [-0.05, 0) is 55.6 Å². The zero-order valence-electron chi connectivity index (χ0n) is 20.7. The number of amides is 1. The zero-order valence-corrected chi connectivity index (χ0v) is 21.6. The van der Waals surface area contributed by atoms with Crippen molar-refractivity contribution in [2.75, 3.05) is 25.0 Å². The fraction of sp³-hybridized carbons (Fsp3) is 0.609. The Bertz CT molecular complexity index is 1070. The lowest BCUT2D eigenvalue weighted by molar-refractivity contribution is -0.153. The first-order chi connectivity index (χ1) is 16.5. The van der Waals surface area contributed by atoms with Gasteiger partial charge in [0.1, 0.15) is 17.0 Å². The molecule has 202 valence electrons. The zero-order chi connectivity index (χ0) is 25.8. The molecule has 1 saturated heterocycles. The van der Waals surface area contributed by atoms with Crippen LogP contribution in [0, 0.1) is 11.8 Å². The van der Waals surface area contributed by atoms with Gasteiger partial charge in [0, 0.05) is 19.6 Å². The second-order valence-electron chi connectivity index (χ2n) is 9.62. The van der Waals surface area contributed by atoms with Gasteiger partial charge < -0.3 is 32.3 Å². The molecule has 2 heterocycles. The van der Waals surface area contributed by atoms with Gasteiger partial charge in [0.2, 0.25) is 15.9 Å². The number of hydrogen-bond donors (Lipinski definition) is 5. The average molecular weight is 527 g/mol. The number of nitrogens with zero attached hydrogens (tertiary/aromatic N) is 2. The summed E-state index contributed by atoms with van der Waals surface area (Å²) in [5.41, 5.74) is 12.2. The van der Waals surface area contributed by atoms with Crippen LogP contribution in [0.15, 0.2) is 28.1 Å². The number of anilines is 1. The monoisotopic (exact) mass is 526 g/mol. The number of guanidine groups is 1. The highest BCUT2D eigenvalue weighted by atomic mass is 32.2. The average Bonchev–Trinajstić information content (AvgIpc) is 2.79. The maximum Gasteiger partial charge on any atom is 0.326 e. The Morgan fingerprint density at radius 1 is 1.28 bits per heavy atom. The van der Waals surface area contributed by atoms with Gasteiger partial charge in [-0.25, -0.2) is 13.2 Å². The lowest BCUT2D eigenvalue weighted by Crippen LogP contribution is -2.56. The van der Waals surface area contributed by atoms with E-state index < -0.39 is 34.0 Å². The molecule has 3 rings (SSSR count). The van der Waals surface area contributed by atoms with E-state index in [4.69, 9.17) is 11.5 Å². The molecule has 0 saturated carbocycles. The van der Waals surface area contributed by atoms with Crippen LogP contribution in [0.5, 0.6) is 0 Å². The second kappa shape index (κ2) is 12.4. The summed E-state index contributed by atoms with van der Waals surface area (Å²) in [7, 11) is -4.10. The number of carbonyl (C=O) groups excluding carboxylic acids is 1. The van der Waals surface area contributed by atoms with E-state index >= 15 is 0 Å². The van der Waals surface area contributed by atoms with Gasteiger partial charge in [0.15, 0.2) is 5.96 Å². The number of rotatable bonds is 9. The Kier molecular flexibility index (Phi) is 10.1. The van der Waals surface area contributed by atoms with Crippen LogP contribution in [0.4, 0.5) is 5.69 Å². The first kappa shape index (κ1) is 29.3. The number of aliphatic carboxylic acids is 1. The molecule has 0 aliphatic carbocycles. The highest BCUT2D eigenvalue weighted by molar-refractivity contribution is 7.89. The summed E-state index contributed by atoms with van der Waals surface area (Å²) >= 11 is 0. The molecule has 0 unspecified atom stereocenters. The van der Waals surface area contributed by atoms with Gasteiger partial charge in [-0.3, -0.25) is 9.79 Å². The lowest BCUT2D eigenvalue weighted by Gasteiger charge is -2.38. The summed E-state index contributed by atoms with van der Waals surface area (Å²) in [6.07, 6.45) is 2.17. The predicted octanol–water partition coefficient (Wildman–Crippen LogP) is -0.122. The van der Waals surface area contributed by atoms with Crippen molar-refractivity contribution >= 4 is 33.5 Å². The van der Waals surface area contributed by atoms with E-state index in [9.17, 15) is 23.1 Å². The number of carboxylic acids is 1. The molecule has 1 fully saturated rings. The van der Waals surface area contributed by atoms with Crippen molar-refractivity contribution in [3.05, 3.63) is 23.8 Å². The van der Waals surface area contributed by atoms with Crippen molar-refractivity contribution in [3.8, 4) is 0 Å². The number of nitrogens with one attached hydrogen (secondary N) is 2. The number of aliphatic imine (C=N–C) groups is 1. The molecule has 13 heteroatoms. The van der Waals surface area contributed by atoms with E-state index in [0.29, 0.717) is 37.4 Å². The van der Waals surface area contributed by atoms with E-state index in [2.05, 4.69) is 22.0 Å². The molecule has 1 aromatic carbocycles. The van der Waals surface area contributed by atoms with Crippen molar-refractivity contribution in [1.82, 2.24) is 9.62 Å². The summed E-state index contributed by atoms with van der Waals surface area (Å²) in [5.74, 6) is -1.22. The number of hydrogen-bond acceptors (Lipinski definition) is 6. The van der Waals surface area contributed by atoms with Crippen molar-refractivity contribution in [2.45, 2.75) is 62.9 Å². The fourth-order valence-electron chi connectivity index (χ4n) is 4.72. The largest absolute Gasteiger partial charge is 0.480 e. The molecular weight excluding hydrogens is 488 g/mol. The maximum absolute atomic E-state index is 13.5. The van der Waals surface area contributed by atoms with Crippen LogP contribution in [0.1, 0.15) is 45.1 Å². The second-order valence-corrected chi connectivity index (χ2v) is 11.3. The summed E-state index contributed by atoms with van der Waals surface area (Å²) < 4.78 is 29.5. The first-order valence-corrected chi connectivity index (χ1v) is 13.4. The minimum absolute atomic E-state index is 0. The molecular formula is C23H38N6O6S. The maximum atomic E-state index is 13.5. The fourth-order valence-corrected chi connectivity index (χ4v) is 6.17.